The fourth-order valence-electron chi connectivity index (χ4n) is 0.782. The predicted octanol–water partition coefficient (Wildman–Crippen LogP) is 0.913. The second-order valence-corrected chi connectivity index (χ2v) is 3.57. The molecule has 6 heteroatoms. The molecule has 0 radical (unpaired) electrons. The predicted molar refractivity (Wildman–Crippen MR) is 44.4 cm³/mol. The van der Waals surface area contributed by atoms with Gasteiger partial charge in [-0.25, -0.2) is 0 Å². The Kier molecular flexibility index (Phi) is 2.62. The highest BCUT2D eigenvalue weighted by Crippen LogP contribution is 2.15. The van der Waals surface area contributed by atoms with Gasteiger partial charge in [-0.2, -0.15) is 8.42 Å². The molecule has 1 amide bonds. The van der Waals surface area contributed by atoms with Crippen LogP contribution >= 0.6 is 0 Å². The Balaban J connectivity index is 3.01. The third kappa shape index (κ3) is 2.51. The third-order valence-corrected chi connectivity index (χ3v) is 2.20. The van der Waals surface area contributed by atoms with Crippen molar-refractivity contribution in [1.82, 2.24) is 0 Å². The van der Waals surface area contributed by atoms with E-state index >= 15 is 0 Å². The van der Waals surface area contributed by atoms with Crippen molar-refractivity contribution in [3.05, 3.63) is 24.3 Å². The highest BCUT2D eigenvalue weighted by atomic mass is 32.3. The van der Waals surface area contributed by atoms with Crippen LogP contribution in [0.1, 0.15) is 0 Å². The molecule has 0 aliphatic heterocycles. The number of rotatable bonds is 3. The second-order valence-electron chi connectivity index (χ2n) is 2.22. The average molecular weight is 203 g/mol. The number of amides is 1. The number of hydrogen-bond acceptors (Lipinski definition) is 3. The van der Waals surface area contributed by atoms with Crippen LogP contribution in [0.25, 0.3) is 0 Å². The lowest BCUT2D eigenvalue weighted by Crippen LogP contribution is -1.95. The van der Waals surface area contributed by atoms with E-state index in [1.54, 1.807) is 0 Å². The summed E-state index contributed by atoms with van der Waals surface area (Å²) in [5, 5.41) is 2.29. The Morgan fingerprint density at radius 2 is 1.77 bits per heavy atom. The number of carbonyl (C=O) groups is 1. The van der Waals surface area contributed by atoms with Crippen LogP contribution in [0.15, 0.2) is 29.2 Å². The summed E-state index contributed by atoms with van der Waals surface area (Å²) in [7, 11) is -4.65. The van der Waals surface area contributed by atoms with Crippen LogP contribution in [0.4, 0.5) is 9.57 Å². The van der Waals surface area contributed by atoms with E-state index in [1.165, 1.54) is 12.1 Å². The topological polar surface area (TPSA) is 63.2 Å². The van der Waals surface area contributed by atoms with E-state index in [0.717, 1.165) is 12.1 Å². The Labute approximate surface area is 74.6 Å². The molecule has 13 heavy (non-hydrogen) atoms. The van der Waals surface area contributed by atoms with Crippen molar-refractivity contribution in [2.75, 3.05) is 5.32 Å². The van der Waals surface area contributed by atoms with Gasteiger partial charge in [-0.05, 0) is 24.3 Å². The molecule has 0 aliphatic carbocycles. The molecule has 0 atom stereocenters. The molecule has 0 saturated carbocycles. The Bertz CT molecular complexity index is 398. The van der Waals surface area contributed by atoms with Gasteiger partial charge in [0.2, 0.25) is 6.41 Å². The first kappa shape index (κ1) is 9.66. The summed E-state index contributed by atoms with van der Waals surface area (Å²) in [5.41, 5.74) is 0.405. The summed E-state index contributed by atoms with van der Waals surface area (Å²) in [6.07, 6.45) is 0.443. The Morgan fingerprint density at radius 1 is 1.23 bits per heavy atom. The molecule has 1 aromatic carbocycles. The molecule has 1 aromatic rings. The lowest BCUT2D eigenvalue weighted by Gasteiger charge is -1.98. The fourth-order valence-corrected chi connectivity index (χ4v) is 1.24. The fraction of sp³-hybridized carbons (Fsp3) is 0. The van der Waals surface area contributed by atoms with Crippen LogP contribution in [0, 0.1) is 0 Å². The van der Waals surface area contributed by atoms with Crippen LogP contribution in [0.3, 0.4) is 0 Å². The van der Waals surface area contributed by atoms with Crippen molar-refractivity contribution >= 4 is 22.3 Å². The molecule has 1 rings (SSSR count). The summed E-state index contributed by atoms with van der Waals surface area (Å²) < 4.78 is 33.0. The van der Waals surface area contributed by atoms with Crippen LogP contribution in [0.2, 0.25) is 0 Å². The molecule has 70 valence electrons. The highest BCUT2D eigenvalue weighted by molar-refractivity contribution is 7.86. The normalized spacial score (nSPS) is 10.8. The minimum absolute atomic E-state index is 0.405. The van der Waals surface area contributed by atoms with Gasteiger partial charge in [0.25, 0.3) is 0 Å². The zero-order valence-electron chi connectivity index (χ0n) is 6.40. The van der Waals surface area contributed by atoms with E-state index < -0.39 is 15.1 Å². The summed E-state index contributed by atoms with van der Waals surface area (Å²) in [6.45, 7) is 0. The molecule has 0 aliphatic rings. The van der Waals surface area contributed by atoms with Crippen LogP contribution in [-0.2, 0) is 15.0 Å². The van der Waals surface area contributed by atoms with E-state index in [2.05, 4.69) is 5.32 Å². The zero-order valence-corrected chi connectivity index (χ0v) is 7.21. The molecule has 0 unspecified atom stereocenters. The molecular weight excluding hydrogens is 197 g/mol. The smallest absolute Gasteiger partial charge is 0.329 e. The molecule has 0 heterocycles. The van der Waals surface area contributed by atoms with Gasteiger partial charge in [0, 0.05) is 5.69 Å². The molecule has 1 N–H and O–H groups in total. The van der Waals surface area contributed by atoms with E-state index in [-0.39, 0.29) is 0 Å². The standard InChI is InChI=1S/C7H6FNO3S/c8-13(11,12)7-3-1-6(2-4-7)9-5-10/h1-5H,(H,9,10). The van der Waals surface area contributed by atoms with Gasteiger partial charge in [0.15, 0.2) is 0 Å². The number of benzene rings is 1. The minimum atomic E-state index is -4.65. The van der Waals surface area contributed by atoms with Crippen molar-refractivity contribution in [1.29, 1.82) is 0 Å². The summed E-state index contributed by atoms with van der Waals surface area (Å²) in [5.74, 6) is 0. The van der Waals surface area contributed by atoms with Gasteiger partial charge in [0.05, 0.1) is 4.90 Å². The average Bonchev–Trinajstić information content (AvgIpc) is 2.04. The quantitative estimate of drug-likeness (QED) is 0.586. The Morgan fingerprint density at radius 3 is 2.15 bits per heavy atom. The summed E-state index contributed by atoms with van der Waals surface area (Å²) in [4.78, 5) is 9.53. The number of nitrogens with one attached hydrogen (secondary N) is 1. The van der Waals surface area contributed by atoms with Crippen LogP contribution < -0.4 is 5.32 Å². The minimum Gasteiger partial charge on any atom is -0.329 e. The Hall–Kier alpha value is -1.43. The maximum absolute atomic E-state index is 12.3. The number of anilines is 1. The van der Waals surface area contributed by atoms with Gasteiger partial charge in [0.1, 0.15) is 0 Å². The first-order valence-corrected chi connectivity index (χ1v) is 4.67. The van der Waals surface area contributed by atoms with E-state index in [4.69, 9.17) is 0 Å². The van der Waals surface area contributed by atoms with Crippen molar-refractivity contribution in [2.45, 2.75) is 4.90 Å². The lowest BCUT2D eigenvalue weighted by atomic mass is 10.3. The molecule has 0 saturated heterocycles. The van der Waals surface area contributed by atoms with E-state index in [0.29, 0.717) is 12.1 Å². The molecule has 0 aromatic heterocycles. The van der Waals surface area contributed by atoms with E-state index in [9.17, 15) is 17.1 Å². The van der Waals surface area contributed by atoms with Crippen molar-refractivity contribution in [3.63, 3.8) is 0 Å². The van der Waals surface area contributed by atoms with Gasteiger partial charge in [-0.15, -0.1) is 3.89 Å². The second kappa shape index (κ2) is 3.53. The first-order valence-electron chi connectivity index (χ1n) is 3.29. The van der Waals surface area contributed by atoms with Gasteiger partial charge >= 0.3 is 10.2 Å². The number of hydrogen-bond donors (Lipinski definition) is 1. The number of carbonyl (C=O) groups excluding carboxylic acids is 1. The first-order chi connectivity index (χ1) is 6.04. The van der Waals surface area contributed by atoms with Gasteiger partial charge in [-0.3, -0.25) is 4.79 Å². The third-order valence-electron chi connectivity index (χ3n) is 1.36. The SMILES string of the molecule is O=CNc1ccc(S(=O)(=O)F)cc1. The number of halogens is 1. The van der Waals surface area contributed by atoms with Gasteiger partial charge in [-0.1, -0.05) is 0 Å². The van der Waals surface area contributed by atoms with E-state index in [1.807, 2.05) is 0 Å². The summed E-state index contributed by atoms with van der Waals surface area (Å²) in [6, 6.07) is 4.73. The van der Waals surface area contributed by atoms with Crippen molar-refractivity contribution in [3.8, 4) is 0 Å². The van der Waals surface area contributed by atoms with Crippen molar-refractivity contribution < 1.29 is 17.1 Å². The molecule has 4 nitrogen and oxygen atoms in total. The molecular formula is C7H6FNO3S. The highest BCUT2D eigenvalue weighted by Gasteiger charge is 2.10. The van der Waals surface area contributed by atoms with Crippen molar-refractivity contribution in [2.24, 2.45) is 0 Å². The molecule has 0 fully saturated rings. The zero-order chi connectivity index (χ0) is 9.90. The largest absolute Gasteiger partial charge is 0.332 e. The maximum Gasteiger partial charge on any atom is 0.332 e. The molecule has 0 spiro atoms. The summed E-state index contributed by atoms with van der Waals surface area (Å²) >= 11 is 0. The maximum atomic E-state index is 12.3. The molecule has 0 bridgehead atoms. The van der Waals surface area contributed by atoms with Gasteiger partial charge < -0.3 is 5.32 Å². The van der Waals surface area contributed by atoms with Crippen LogP contribution in [0.5, 0.6) is 0 Å². The lowest BCUT2D eigenvalue weighted by molar-refractivity contribution is -0.105. The van der Waals surface area contributed by atoms with Crippen LogP contribution in [-0.4, -0.2) is 14.8 Å². The monoisotopic (exact) mass is 203 g/mol.